The summed E-state index contributed by atoms with van der Waals surface area (Å²) in [6.45, 7) is 1.69. The molecule has 1 fully saturated rings. The molecule has 0 spiro atoms. The predicted molar refractivity (Wildman–Crippen MR) is 90.2 cm³/mol. The van der Waals surface area contributed by atoms with Crippen LogP contribution in [0.3, 0.4) is 0 Å². The van der Waals surface area contributed by atoms with Crippen LogP contribution in [-0.4, -0.2) is 23.3 Å². The van der Waals surface area contributed by atoms with Gasteiger partial charge in [0.15, 0.2) is 5.82 Å². The van der Waals surface area contributed by atoms with E-state index in [1.807, 2.05) is 18.2 Å². The zero-order valence-electron chi connectivity index (χ0n) is 12.5. The number of hydrogen-bond acceptors (Lipinski definition) is 6. The summed E-state index contributed by atoms with van der Waals surface area (Å²) >= 11 is 6.31. The van der Waals surface area contributed by atoms with E-state index in [-0.39, 0.29) is 0 Å². The maximum absolute atomic E-state index is 9.26. The van der Waals surface area contributed by atoms with E-state index in [0.717, 1.165) is 42.7 Å². The van der Waals surface area contributed by atoms with Gasteiger partial charge in [0.2, 0.25) is 0 Å². The Morgan fingerprint density at radius 1 is 1.30 bits per heavy atom. The number of nitrogens with one attached hydrogen (secondary N) is 1. The van der Waals surface area contributed by atoms with E-state index in [1.54, 1.807) is 6.20 Å². The van der Waals surface area contributed by atoms with Gasteiger partial charge in [0.1, 0.15) is 5.02 Å². The monoisotopic (exact) mass is 328 g/mol. The molecule has 3 N–H and O–H groups in total. The highest BCUT2D eigenvalue weighted by Crippen LogP contribution is 2.35. The van der Waals surface area contributed by atoms with Gasteiger partial charge in [0, 0.05) is 13.1 Å². The molecule has 0 radical (unpaired) electrons. The van der Waals surface area contributed by atoms with Crippen LogP contribution in [0.1, 0.15) is 29.9 Å². The van der Waals surface area contributed by atoms with Crippen molar-refractivity contribution >= 4 is 23.1 Å². The molecule has 0 unspecified atom stereocenters. The molecule has 7 heteroatoms. The lowest BCUT2D eigenvalue weighted by molar-refractivity contribution is 0.504. The lowest BCUT2D eigenvalue weighted by Gasteiger charge is -2.34. The van der Waals surface area contributed by atoms with Gasteiger partial charge in [-0.05, 0) is 30.4 Å². The van der Waals surface area contributed by atoms with Crippen LogP contribution in [0.15, 0.2) is 30.5 Å². The number of aromatic nitrogens is 2. The zero-order valence-corrected chi connectivity index (χ0v) is 13.3. The first-order chi connectivity index (χ1) is 11.2. The van der Waals surface area contributed by atoms with E-state index in [9.17, 15) is 5.26 Å². The summed E-state index contributed by atoms with van der Waals surface area (Å²) in [5.41, 5.74) is 5.20. The van der Waals surface area contributed by atoms with Gasteiger partial charge >= 0.3 is 0 Å². The van der Waals surface area contributed by atoms with Gasteiger partial charge in [0.25, 0.3) is 0 Å². The van der Waals surface area contributed by atoms with Crippen molar-refractivity contribution in [1.82, 2.24) is 10.2 Å². The van der Waals surface area contributed by atoms with Gasteiger partial charge in [0.05, 0.1) is 23.5 Å². The molecule has 2 aromatic rings. The minimum atomic E-state index is 0.376. The predicted octanol–water partition coefficient (Wildman–Crippen LogP) is 2.67. The third-order valence-corrected chi connectivity index (χ3v) is 4.64. The first-order valence-electron chi connectivity index (χ1n) is 7.46. The molecule has 0 amide bonds. The summed E-state index contributed by atoms with van der Waals surface area (Å²) < 4.78 is 0. The molecular formula is C16H17ClN6. The quantitative estimate of drug-likeness (QED) is 0.665. The summed E-state index contributed by atoms with van der Waals surface area (Å²) in [6, 6.07) is 10.1. The number of rotatable bonds is 3. The number of nitrogens with zero attached hydrogens (tertiary/aromatic N) is 4. The third kappa shape index (κ3) is 3.07. The van der Waals surface area contributed by atoms with Crippen molar-refractivity contribution in [3.05, 3.63) is 46.6 Å². The van der Waals surface area contributed by atoms with Gasteiger partial charge in [-0.2, -0.15) is 10.4 Å². The summed E-state index contributed by atoms with van der Waals surface area (Å²) in [5, 5.41) is 17.5. The van der Waals surface area contributed by atoms with Gasteiger partial charge in [-0.15, -0.1) is 5.10 Å². The Labute approximate surface area is 139 Å². The van der Waals surface area contributed by atoms with Crippen LogP contribution in [0.25, 0.3) is 0 Å². The second-order valence-corrected chi connectivity index (χ2v) is 5.88. The van der Waals surface area contributed by atoms with E-state index >= 15 is 0 Å². The lowest BCUT2D eigenvalue weighted by atomic mass is 9.86. The molecule has 1 aromatic carbocycles. The van der Waals surface area contributed by atoms with Gasteiger partial charge in [-0.25, -0.2) is 5.84 Å². The fourth-order valence-corrected chi connectivity index (χ4v) is 3.32. The summed E-state index contributed by atoms with van der Waals surface area (Å²) in [4.78, 5) is 2.18. The third-order valence-electron chi connectivity index (χ3n) is 4.26. The van der Waals surface area contributed by atoms with Crippen molar-refractivity contribution < 1.29 is 0 Å². The molecular weight excluding hydrogens is 312 g/mol. The van der Waals surface area contributed by atoms with Crippen LogP contribution in [0.5, 0.6) is 0 Å². The number of nitriles is 1. The summed E-state index contributed by atoms with van der Waals surface area (Å²) in [5.74, 6) is 6.16. The molecule has 0 bridgehead atoms. The lowest BCUT2D eigenvalue weighted by Crippen LogP contribution is -2.33. The van der Waals surface area contributed by atoms with Crippen molar-refractivity contribution in [2.75, 3.05) is 23.4 Å². The van der Waals surface area contributed by atoms with Crippen LogP contribution in [0, 0.1) is 11.3 Å². The van der Waals surface area contributed by atoms with Crippen molar-refractivity contribution in [1.29, 1.82) is 5.26 Å². The number of anilines is 2. The average Bonchev–Trinajstić information content (AvgIpc) is 2.62. The average molecular weight is 329 g/mol. The highest BCUT2D eigenvalue weighted by Gasteiger charge is 2.24. The maximum atomic E-state index is 9.26. The topological polar surface area (TPSA) is 90.9 Å². The fraction of sp³-hybridized carbons (Fsp3) is 0.312. The van der Waals surface area contributed by atoms with E-state index in [0.29, 0.717) is 16.8 Å². The Morgan fingerprint density at radius 3 is 2.74 bits per heavy atom. The number of benzene rings is 1. The number of nitrogen functional groups attached to an aromatic ring is 1. The van der Waals surface area contributed by atoms with Crippen LogP contribution in [0.4, 0.5) is 11.5 Å². The first kappa shape index (κ1) is 15.5. The number of hydrazine groups is 1. The molecule has 23 heavy (non-hydrogen) atoms. The molecule has 118 valence electrons. The molecule has 0 saturated carbocycles. The second kappa shape index (κ2) is 6.82. The highest BCUT2D eigenvalue weighted by atomic mass is 35.5. The molecule has 1 aliphatic heterocycles. The Bertz CT molecular complexity index is 734. The van der Waals surface area contributed by atoms with E-state index < -0.39 is 0 Å². The minimum Gasteiger partial charge on any atom is -0.369 e. The van der Waals surface area contributed by atoms with Crippen LogP contribution in [-0.2, 0) is 0 Å². The fourth-order valence-electron chi connectivity index (χ4n) is 3.06. The molecule has 1 aromatic heterocycles. The Hall–Kier alpha value is -2.36. The molecule has 1 saturated heterocycles. The number of nitrogens with two attached hydrogens (primary N) is 1. The number of piperidine rings is 1. The van der Waals surface area contributed by atoms with Crippen molar-refractivity contribution in [2.24, 2.45) is 5.84 Å². The van der Waals surface area contributed by atoms with Gasteiger partial charge in [-0.1, -0.05) is 29.8 Å². The normalized spacial score (nSPS) is 15.3. The summed E-state index contributed by atoms with van der Waals surface area (Å²) in [6.07, 6.45) is 3.58. The Morgan fingerprint density at radius 2 is 2.04 bits per heavy atom. The zero-order chi connectivity index (χ0) is 16.2. The highest BCUT2D eigenvalue weighted by molar-refractivity contribution is 6.35. The second-order valence-electron chi connectivity index (χ2n) is 5.50. The van der Waals surface area contributed by atoms with E-state index in [2.05, 4.69) is 32.7 Å². The SMILES string of the molecule is N#Cc1ccccc1C1CCN(c2cnnc(NN)c2Cl)CC1. The van der Waals surface area contributed by atoms with Crippen molar-refractivity contribution in [2.45, 2.75) is 18.8 Å². The number of halogens is 1. The van der Waals surface area contributed by atoms with Crippen LogP contribution >= 0.6 is 11.6 Å². The Balaban J connectivity index is 1.75. The molecule has 1 aliphatic rings. The molecule has 0 aliphatic carbocycles. The van der Waals surface area contributed by atoms with E-state index in [4.69, 9.17) is 17.4 Å². The molecule has 6 nitrogen and oxygen atoms in total. The summed E-state index contributed by atoms with van der Waals surface area (Å²) in [7, 11) is 0. The number of hydrogen-bond donors (Lipinski definition) is 2. The van der Waals surface area contributed by atoms with Crippen LogP contribution in [0.2, 0.25) is 5.02 Å². The van der Waals surface area contributed by atoms with Gasteiger partial charge < -0.3 is 10.3 Å². The first-order valence-corrected chi connectivity index (χ1v) is 7.84. The smallest absolute Gasteiger partial charge is 0.183 e. The van der Waals surface area contributed by atoms with Crippen LogP contribution < -0.4 is 16.2 Å². The largest absolute Gasteiger partial charge is 0.369 e. The van der Waals surface area contributed by atoms with Crippen molar-refractivity contribution in [3.8, 4) is 6.07 Å². The van der Waals surface area contributed by atoms with Crippen molar-refractivity contribution in [3.63, 3.8) is 0 Å². The van der Waals surface area contributed by atoms with E-state index in [1.165, 1.54) is 0 Å². The minimum absolute atomic E-state index is 0.376. The Kier molecular flexibility index (Phi) is 4.60. The molecule has 2 heterocycles. The molecule has 0 atom stereocenters. The standard InChI is InChI=1S/C16H17ClN6/c17-15-14(10-20-22-16(15)21-19)23-7-5-11(6-8-23)13-4-2-1-3-12(13)9-18/h1-4,10-11H,5-8,19H2,(H,21,22). The van der Waals surface area contributed by atoms with Gasteiger partial charge in [-0.3, -0.25) is 0 Å². The maximum Gasteiger partial charge on any atom is 0.183 e. The molecule has 3 rings (SSSR count).